The van der Waals surface area contributed by atoms with Crippen LogP contribution in [0.25, 0.3) is 0 Å². The number of hydrogen-bond acceptors (Lipinski definition) is 5. The van der Waals surface area contributed by atoms with Crippen molar-refractivity contribution in [3.05, 3.63) is 71.5 Å². The third kappa shape index (κ3) is 3.66. The third-order valence-electron chi connectivity index (χ3n) is 5.69. The molecule has 2 heterocycles. The average Bonchev–Trinajstić information content (AvgIpc) is 3.26. The first kappa shape index (κ1) is 21.3. The van der Waals surface area contributed by atoms with Crippen LogP contribution in [-0.4, -0.2) is 45.2 Å². The fourth-order valence-electron chi connectivity index (χ4n) is 4.13. The first-order valence-corrected chi connectivity index (χ1v) is 11.4. The molecule has 8 heteroatoms. The lowest BCUT2D eigenvalue weighted by molar-refractivity contribution is 0.296. The van der Waals surface area contributed by atoms with Crippen molar-refractivity contribution in [1.29, 1.82) is 0 Å². The molecule has 1 aromatic heterocycles. The molecule has 2 aromatic carbocycles. The smallest absolute Gasteiger partial charge is 0.244 e. The number of ether oxygens (including phenoxy) is 3. The van der Waals surface area contributed by atoms with E-state index in [1.807, 2.05) is 37.4 Å². The van der Waals surface area contributed by atoms with Gasteiger partial charge in [-0.15, -0.1) is 0 Å². The summed E-state index contributed by atoms with van der Waals surface area (Å²) in [5.41, 5.74) is 2.49. The normalized spacial score (nSPS) is 16.6. The minimum atomic E-state index is -3.77. The van der Waals surface area contributed by atoms with Gasteiger partial charge in [0.2, 0.25) is 10.0 Å². The Hall–Kier alpha value is -2.97. The van der Waals surface area contributed by atoms with E-state index in [-0.39, 0.29) is 4.90 Å². The Morgan fingerprint density at radius 1 is 0.871 bits per heavy atom. The van der Waals surface area contributed by atoms with E-state index in [1.54, 1.807) is 49.9 Å². The van der Waals surface area contributed by atoms with Gasteiger partial charge < -0.3 is 18.8 Å². The van der Waals surface area contributed by atoms with E-state index in [0.717, 1.165) is 16.8 Å². The summed E-state index contributed by atoms with van der Waals surface area (Å²) in [6.45, 7) is 2.78. The molecule has 7 nitrogen and oxygen atoms in total. The van der Waals surface area contributed by atoms with Crippen molar-refractivity contribution in [2.45, 2.75) is 24.4 Å². The lowest BCUT2D eigenvalue weighted by Gasteiger charge is -2.36. The van der Waals surface area contributed by atoms with E-state index in [2.05, 4.69) is 4.57 Å². The highest BCUT2D eigenvalue weighted by molar-refractivity contribution is 7.89. The van der Waals surface area contributed by atoms with E-state index in [0.29, 0.717) is 30.3 Å². The maximum absolute atomic E-state index is 13.8. The highest BCUT2D eigenvalue weighted by Gasteiger charge is 2.38. The van der Waals surface area contributed by atoms with Gasteiger partial charge in [-0.25, -0.2) is 8.42 Å². The maximum Gasteiger partial charge on any atom is 0.244 e. The fraction of sp³-hybridized carbons (Fsp3) is 0.304. The molecule has 0 saturated carbocycles. The minimum absolute atomic E-state index is 0.247. The number of rotatable bonds is 6. The van der Waals surface area contributed by atoms with Crippen LogP contribution < -0.4 is 14.2 Å². The molecular formula is C23H26N2O5S. The Bertz CT molecular complexity index is 1200. The van der Waals surface area contributed by atoms with Gasteiger partial charge in [0.25, 0.3) is 0 Å². The van der Waals surface area contributed by atoms with Crippen LogP contribution in [0.1, 0.15) is 22.9 Å². The Morgan fingerprint density at radius 2 is 1.58 bits per heavy atom. The molecule has 164 valence electrons. The lowest BCUT2D eigenvalue weighted by atomic mass is 10.0. The van der Waals surface area contributed by atoms with E-state index in [9.17, 15) is 8.42 Å². The van der Waals surface area contributed by atoms with Crippen molar-refractivity contribution in [3.63, 3.8) is 0 Å². The van der Waals surface area contributed by atoms with Gasteiger partial charge in [-0.2, -0.15) is 4.31 Å². The van der Waals surface area contributed by atoms with Crippen LogP contribution in [0.3, 0.4) is 0 Å². The molecule has 1 atom stereocenters. The van der Waals surface area contributed by atoms with Crippen molar-refractivity contribution >= 4 is 10.0 Å². The molecule has 31 heavy (non-hydrogen) atoms. The van der Waals surface area contributed by atoms with Crippen LogP contribution in [0, 0.1) is 6.92 Å². The summed E-state index contributed by atoms with van der Waals surface area (Å²) >= 11 is 0. The second-order valence-corrected chi connectivity index (χ2v) is 9.28. The Morgan fingerprint density at radius 3 is 2.26 bits per heavy atom. The number of methoxy groups -OCH3 is 3. The van der Waals surface area contributed by atoms with Crippen molar-refractivity contribution < 1.29 is 22.6 Å². The molecule has 1 aliphatic rings. The molecule has 0 unspecified atom stereocenters. The van der Waals surface area contributed by atoms with E-state index >= 15 is 0 Å². The number of nitrogens with zero attached hydrogens (tertiary/aromatic N) is 2. The van der Waals surface area contributed by atoms with E-state index < -0.39 is 16.1 Å². The fourth-order valence-corrected chi connectivity index (χ4v) is 5.79. The summed E-state index contributed by atoms with van der Waals surface area (Å²) in [6, 6.07) is 13.9. The molecule has 0 spiro atoms. The zero-order chi connectivity index (χ0) is 22.2. The molecule has 0 saturated heterocycles. The molecule has 1 aliphatic heterocycles. The standard InChI is InChI=1S/C23H26N2O5S/c1-16-14-18(8-10-20(16)28-2)31(26,27)25-13-12-24-11-5-6-19(24)23(25)17-7-9-21(29-3)22(15-17)30-4/h5-11,14-15,23H,12-13H2,1-4H3/t23-/m1/s1. The highest BCUT2D eigenvalue weighted by Crippen LogP contribution is 2.40. The van der Waals surface area contributed by atoms with Crippen LogP contribution >= 0.6 is 0 Å². The summed E-state index contributed by atoms with van der Waals surface area (Å²) in [6.07, 6.45) is 1.98. The van der Waals surface area contributed by atoms with Gasteiger partial charge in [0.1, 0.15) is 5.75 Å². The van der Waals surface area contributed by atoms with Gasteiger partial charge >= 0.3 is 0 Å². The Kier molecular flexibility index (Phi) is 5.68. The number of fused-ring (bicyclic) bond motifs is 1. The molecule has 0 fully saturated rings. The maximum atomic E-state index is 13.8. The van der Waals surface area contributed by atoms with Crippen LogP contribution in [0.2, 0.25) is 0 Å². The van der Waals surface area contributed by atoms with Crippen molar-refractivity contribution in [3.8, 4) is 17.2 Å². The van der Waals surface area contributed by atoms with Gasteiger partial charge in [-0.05, 0) is 60.5 Å². The second-order valence-electron chi connectivity index (χ2n) is 7.39. The molecule has 4 rings (SSSR count). The zero-order valence-corrected chi connectivity index (χ0v) is 18.8. The van der Waals surface area contributed by atoms with Gasteiger partial charge in [-0.3, -0.25) is 0 Å². The molecule has 3 aromatic rings. The zero-order valence-electron chi connectivity index (χ0n) is 18.0. The summed E-state index contributed by atoms with van der Waals surface area (Å²) in [5.74, 6) is 1.81. The Balaban J connectivity index is 1.84. The van der Waals surface area contributed by atoms with Gasteiger partial charge in [-0.1, -0.05) is 6.07 Å². The SMILES string of the molecule is COc1ccc(S(=O)(=O)N2CCn3cccc3[C@H]2c2ccc(OC)c(OC)c2)cc1C. The number of hydrogen-bond donors (Lipinski definition) is 0. The molecular weight excluding hydrogens is 416 g/mol. The summed E-state index contributed by atoms with van der Waals surface area (Å²) in [4.78, 5) is 0.247. The summed E-state index contributed by atoms with van der Waals surface area (Å²) in [5, 5.41) is 0. The molecule has 0 amide bonds. The monoisotopic (exact) mass is 442 g/mol. The van der Waals surface area contributed by atoms with Gasteiger partial charge in [0.15, 0.2) is 11.5 Å². The quantitative estimate of drug-likeness (QED) is 0.583. The highest BCUT2D eigenvalue weighted by atomic mass is 32.2. The van der Waals surface area contributed by atoms with E-state index in [4.69, 9.17) is 14.2 Å². The van der Waals surface area contributed by atoms with Crippen LogP contribution in [-0.2, 0) is 16.6 Å². The van der Waals surface area contributed by atoms with Gasteiger partial charge in [0.05, 0.1) is 32.3 Å². The van der Waals surface area contributed by atoms with Crippen LogP contribution in [0.5, 0.6) is 17.2 Å². The molecule has 0 bridgehead atoms. The first-order chi connectivity index (χ1) is 14.9. The second kappa shape index (κ2) is 8.28. The minimum Gasteiger partial charge on any atom is -0.496 e. The third-order valence-corrected chi connectivity index (χ3v) is 7.55. The first-order valence-electron chi connectivity index (χ1n) is 9.94. The summed E-state index contributed by atoms with van der Waals surface area (Å²) in [7, 11) is 0.946. The van der Waals surface area contributed by atoms with E-state index in [1.165, 1.54) is 0 Å². The largest absolute Gasteiger partial charge is 0.496 e. The molecule has 0 radical (unpaired) electrons. The lowest BCUT2D eigenvalue weighted by Crippen LogP contribution is -2.42. The topological polar surface area (TPSA) is 70.0 Å². The number of sulfonamides is 1. The molecule has 0 N–H and O–H groups in total. The van der Waals surface area contributed by atoms with Crippen LogP contribution in [0.4, 0.5) is 0 Å². The van der Waals surface area contributed by atoms with Crippen LogP contribution in [0.15, 0.2) is 59.6 Å². The predicted molar refractivity (Wildman–Crippen MR) is 117 cm³/mol. The van der Waals surface area contributed by atoms with Crippen molar-refractivity contribution in [2.75, 3.05) is 27.9 Å². The Labute approximate surface area is 182 Å². The van der Waals surface area contributed by atoms with Crippen molar-refractivity contribution in [2.24, 2.45) is 0 Å². The van der Waals surface area contributed by atoms with Gasteiger partial charge in [0, 0.05) is 25.0 Å². The number of benzene rings is 2. The number of aromatic nitrogens is 1. The summed E-state index contributed by atoms with van der Waals surface area (Å²) < 4.78 is 47.3. The number of aryl methyl sites for hydroxylation is 1. The van der Waals surface area contributed by atoms with Crippen molar-refractivity contribution in [1.82, 2.24) is 8.87 Å². The average molecular weight is 443 g/mol. The predicted octanol–water partition coefficient (Wildman–Crippen LogP) is 3.62. The molecule has 0 aliphatic carbocycles.